The van der Waals surface area contributed by atoms with Gasteiger partial charge < -0.3 is 19.1 Å². The second-order valence-corrected chi connectivity index (χ2v) is 5.10. The summed E-state index contributed by atoms with van der Waals surface area (Å²) in [4.78, 5) is 13.5. The fourth-order valence-corrected chi connectivity index (χ4v) is 2.21. The van der Waals surface area contributed by atoms with E-state index in [4.69, 9.17) is 14.2 Å². The molecule has 17 heavy (non-hydrogen) atoms. The molecule has 0 aromatic heterocycles. The Labute approximate surface area is 102 Å². The number of nitrogens with zero attached hydrogens (tertiary/aromatic N) is 1. The topological polar surface area (TPSA) is 48.0 Å². The van der Waals surface area contributed by atoms with Crippen molar-refractivity contribution >= 4 is 6.09 Å². The molecule has 0 aromatic rings. The number of carbonyl (C=O) groups is 1. The quantitative estimate of drug-likeness (QED) is 0.739. The molecule has 0 saturated carbocycles. The van der Waals surface area contributed by atoms with E-state index in [0.717, 1.165) is 19.4 Å². The third kappa shape index (κ3) is 3.10. The molecule has 2 rings (SSSR count). The molecule has 1 amide bonds. The van der Waals surface area contributed by atoms with Crippen LogP contribution in [-0.2, 0) is 14.2 Å². The van der Waals surface area contributed by atoms with Gasteiger partial charge >= 0.3 is 6.09 Å². The van der Waals surface area contributed by atoms with Gasteiger partial charge in [0, 0.05) is 13.0 Å². The van der Waals surface area contributed by atoms with Crippen LogP contribution in [0.5, 0.6) is 0 Å². The first-order valence-corrected chi connectivity index (χ1v) is 6.31. The molecule has 0 N–H and O–H groups in total. The van der Waals surface area contributed by atoms with Crippen LogP contribution < -0.4 is 0 Å². The van der Waals surface area contributed by atoms with Crippen LogP contribution in [0.2, 0.25) is 0 Å². The highest BCUT2D eigenvalue weighted by atomic mass is 16.7. The van der Waals surface area contributed by atoms with Gasteiger partial charge in [0.1, 0.15) is 0 Å². The number of likely N-dealkylation sites (tertiary alicyclic amines) is 1. The van der Waals surface area contributed by atoms with Gasteiger partial charge in [-0.25, -0.2) is 4.79 Å². The molecule has 2 heterocycles. The SMILES string of the molecule is CC(C)COC(=O)N1CCCC2(C1)OCCO2. The lowest BCUT2D eigenvalue weighted by Gasteiger charge is -2.37. The first kappa shape index (κ1) is 12.6. The van der Waals surface area contributed by atoms with Crippen molar-refractivity contribution in [1.29, 1.82) is 0 Å². The van der Waals surface area contributed by atoms with Crippen LogP contribution in [-0.4, -0.2) is 49.7 Å². The maximum Gasteiger partial charge on any atom is 0.409 e. The smallest absolute Gasteiger partial charge is 0.409 e. The van der Waals surface area contributed by atoms with E-state index in [-0.39, 0.29) is 6.09 Å². The second-order valence-electron chi connectivity index (χ2n) is 5.10. The Morgan fingerprint density at radius 1 is 1.41 bits per heavy atom. The molecule has 0 atom stereocenters. The lowest BCUT2D eigenvalue weighted by Crippen LogP contribution is -2.51. The Bertz CT molecular complexity index is 274. The molecule has 5 heteroatoms. The standard InChI is InChI=1S/C12H21NO4/c1-10(2)8-15-11(14)13-5-3-4-12(9-13)16-6-7-17-12/h10H,3-9H2,1-2H3. The minimum absolute atomic E-state index is 0.253. The number of ether oxygens (including phenoxy) is 3. The molecule has 0 bridgehead atoms. The molecule has 2 aliphatic rings. The average Bonchev–Trinajstić information content (AvgIpc) is 2.74. The molecule has 0 radical (unpaired) electrons. The zero-order valence-electron chi connectivity index (χ0n) is 10.6. The summed E-state index contributed by atoms with van der Waals surface area (Å²) in [6.07, 6.45) is 1.51. The molecule has 0 unspecified atom stereocenters. The Hall–Kier alpha value is -0.810. The van der Waals surface area contributed by atoms with Gasteiger partial charge in [0.25, 0.3) is 0 Å². The molecule has 2 saturated heterocycles. The van der Waals surface area contributed by atoms with E-state index in [1.165, 1.54) is 0 Å². The van der Waals surface area contributed by atoms with E-state index in [2.05, 4.69) is 0 Å². The van der Waals surface area contributed by atoms with Crippen LogP contribution in [0.25, 0.3) is 0 Å². The average molecular weight is 243 g/mol. The highest BCUT2D eigenvalue weighted by Gasteiger charge is 2.42. The van der Waals surface area contributed by atoms with E-state index >= 15 is 0 Å². The molecule has 2 aliphatic heterocycles. The molecule has 0 aliphatic carbocycles. The van der Waals surface area contributed by atoms with Crippen molar-refractivity contribution in [2.75, 3.05) is 32.9 Å². The third-order valence-corrected chi connectivity index (χ3v) is 3.03. The number of piperidine rings is 1. The van der Waals surface area contributed by atoms with Crippen molar-refractivity contribution in [2.24, 2.45) is 5.92 Å². The molecule has 1 spiro atoms. The van der Waals surface area contributed by atoms with Gasteiger partial charge in [-0.1, -0.05) is 13.8 Å². The fourth-order valence-electron chi connectivity index (χ4n) is 2.21. The minimum Gasteiger partial charge on any atom is -0.449 e. The fraction of sp³-hybridized carbons (Fsp3) is 0.917. The van der Waals surface area contributed by atoms with Gasteiger partial charge in [0.2, 0.25) is 0 Å². The molecular formula is C12H21NO4. The Morgan fingerprint density at radius 2 is 2.12 bits per heavy atom. The Morgan fingerprint density at radius 3 is 2.76 bits per heavy atom. The number of amides is 1. The van der Waals surface area contributed by atoms with Crippen LogP contribution in [0, 0.1) is 5.92 Å². The zero-order chi connectivity index (χ0) is 12.3. The summed E-state index contributed by atoms with van der Waals surface area (Å²) < 4.78 is 16.5. The molecule has 2 fully saturated rings. The molecular weight excluding hydrogens is 222 g/mol. The van der Waals surface area contributed by atoms with Gasteiger partial charge in [0.05, 0.1) is 26.4 Å². The van der Waals surface area contributed by atoms with Gasteiger partial charge in [-0.05, 0) is 12.3 Å². The predicted octanol–water partition coefficient (Wildman–Crippen LogP) is 1.62. The number of rotatable bonds is 2. The number of carbonyl (C=O) groups excluding carboxylic acids is 1. The van der Waals surface area contributed by atoms with Gasteiger partial charge in [0.15, 0.2) is 5.79 Å². The maximum atomic E-state index is 11.8. The largest absolute Gasteiger partial charge is 0.449 e. The van der Waals surface area contributed by atoms with Gasteiger partial charge in [-0.3, -0.25) is 0 Å². The summed E-state index contributed by atoms with van der Waals surface area (Å²) in [5.41, 5.74) is 0. The molecule has 98 valence electrons. The van der Waals surface area contributed by atoms with Crippen LogP contribution in [0.15, 0.2) is 0 Å². The van der Waals surface area contributed by atoms with E-state index in [1.807, 2.05) is 13.8 Å². The normalized spacial score (nSPS) is 23.4. The summed E-state index contributed by atoms with van der Waals surface area (Å²) in [6.45, 7) is 6.96. The first-order chi connectivity index (χ1) is 8.11. The van der Waals surface area contributed by atoms with Crippen molar-refractivity contribution < 1.29 is 19.0 Å². The minimum atomic E-state index is -0.560. The third-order valence-electron chi connectivity index (χ3n) is 3.03. The van der Waals surface area contributed by atoms with Crippen molar-refractivity contribution in [3.8, 4) is 0 Å². The molecule has 0 aromatic carbocycles. The van der Waals surface area contributed by atoms with Crippen molar-refractivity contribution in [3.05, 3.63) is 0 Å². The van der Waals surface area contributed by atoms with Crippen LogP contribution in [0.1, 0.15) is 26.7 Å². The summed E-state index contributed by atoms with van der Waals surface area (Å²) in [5.74, 6) is -0.202. The molecule has 5 nitrogen and oxygen atoms in total. The van der Waals surface area contributed by atoms with Gasteiger partial charge in [-0.2, -0.15) is 0 Å². The lowest BCUT2D eigenvalue weighted by atomic mass is 10.1. The van der Waals surface area contributed by atoms with E-state index in [1.54, 1.807) is 4.90 Å². The van der Waals surface area contributed by atoms with Gasteiger partial charge in [-0.15, -0.1) is 0 Å². The number of hydrogen-bond donors (Lipinski definition) is 0. The zero-order valence-corrected chi connectivity index (χ0v) is 10.6. The Kier molecular flexibility index (Phi) is 3.89. The van der Waals surface area contributed by atoms with E-state index in [9.17, 15) is 4.79 Å². The van der Waals surface area contributed by atoms with Crippen molar-refractivity contribution in [1.82, 2.24) is 4.90 Å². The highest BCUT2D eigenvalue weighted by molar-refractivity contribution is 5.67. The predicted molar refractivity (Wildman–Crippen MR) is 61.6 cm³/mol. The van der Waals surface area contributed by atoms with Crippen molar-refractivity contribution in [2.45, 2.75) is 32.5 Å². The van der Waals surface area contributed by atoms with E-state index in [0.29, 0.717) is 32.3 Å². The van der Waals surface area contributed by atoms with E-state index < -0.39 is 5.79 Å². The second kappa shape index (κ2) is 5.23. The number of hydrogen-bond acceptors (Lipinski definition) is 4. The Balaban J connectivity index is 1.86. The monoisotopic (exact) mass is 243 g/mol. The van der Waals surface area contributed by atoms with Crippen molar-refractivity contribution in [3.63, 3.8) is 0 Å². The summed E-state index contributed by atoms with van der Waals surface area (Å²) in [7, 11) is 0. The summed E-state index contributed by atoms with van der Waals surface area (Å²) in [5, 5.41) is 0. The highest BCUT2D eigenvalue weighted by Crippen LogP contribution is 2.30. The summed E-state index contributed by atoms with van der Waals surface area (Å²) in [6, 6.07) is 0. The summed E-state index contributed by atoms with van der Waals surface area (Å²) >= 11 is 0. The lowest BCUT2D eigenvalue weighted by molar-refractivity contribution is -0.185. The first-order valence-electron chi connectivity index (χ1n) is 6.31. The van der Waals surface area contributed by atoms with Crippen LogP contribution in [0.3, 0.4) is 0 Å². The van der Waals surface area contributed by atoms with Crippen LogP contribution >= 0.6 is 0 Å². The van der Waals surface area contributed by atoms with Crippen LogP contribution in [0.4, 0.5) is 4.79 Å². The maximum absolute atomic E-state index is 11.8.